The Bertz CT molecular complexity index is 898. The van der Waals surface area contributed by atoms with E-state index in [-0.39, 0.29) is 10.5 Å². The number of hydrogen-bond donors (Lipinski definition) is 1. The first-order chi connectivity index (χ1) is 10.7. The van der Waals surface area contributed by atoms with Crippen LogP contribution in [0, 0.1) is 0 Å². The monoisotopic (exact) mass is 358 g/mol. The van der Waals surface area contributed by atoms with Gasteiger partial charge < -0.3 is 5.11 Å². The lowest BCUT2D eigenvalue weighted by atomic mass is 10.0. The Kier molecular flexibility index (Phi) is 3.20. The van der Waals surface area contributed by atoms with Crippen LogP contribution in [0.4, 0.5) is 0 Å². The molecule has 0 amide bonds. The second kappa shape index (κ2) is 5.11. The first-order valence-corrected chi connectivity index (χ1v) is 8.16. The number of imidazole rings is 1. The fourth-order valence-corrected chi connectivity index (χ4v) is 3.78. The third-order valence-electron chi connectivity index (χ3n) is 4.27. The van der Waals surface area contributed by atoms with E-state index in [9.17, 15) is 9.90 Å². The first-order valence-electron chi connectivity index (χ1n) is 7.25. The van der Waals surface area contributed by atoms with Gasteiger partial charge in [0.15, 0.2) is 0 Å². The molecule has 5 heteroatoms. The largest absolute Gasteiger partial charge is 0.387 e. The maximum Gasteiger partial charge on any atom is 0.329 e. The van der Waals surface area contributed by atoms with Gasteiger partial charge >= 0.3 is 5.69 Å². The van der Waals surface area contributed by atoms with Crippen molar-refractivity contribution in [1.82, 2.24) is 9.13 Å². The summed E-state index contributed by atoms with van der Waals surface area (Å²) in [6.07, 6.45) is -0.587. The number of aliphatic hydroxyl groups is 1. The van der Waals surface area contributed by atoms with Gasteiger partial charge in [0.1, 0.15) is 0 Å². The zero-order valence-electron chi connectivity index (χ0n) is 11.8. The van der Waals surface area contributed by atoms with Crippen LogP contribution >= 0.6 is 15.9 Å². The molecule has 0 saturated heterocycles. The highest BCUT2D eigenvalue weighted by atomic mass is 79.9. The predicted octanol–water partition coefficient (Wildman–Crippen LogP) is 2.66. The van der Waals surface area contributed by atoms with Crippen molar-refractivity contribution in [2.24, 2.45) is 0 Å². The number of para-hydroxylation sites is 1. The van der Waals surface area contributed by atoms with E-state index >= 15 is 0 Å². The Balaban J connectivity index is 1.95. The third-order valence-corrected chi connectivity index (χ3v) is 5.06. The van der Waals surface area contributed by atoms with Crippen LogP contribution in [0.25, 0.3) is 11.0 Å². The fourth-order valence-electron chi connectivity index (χ4n) is 3.20. The van der Waals surface area contributed by atoms with Crippen LogP contribution in [0.1, 0.15) is 17.2 Å². The van der Waals surface area contributed by atoms with Gasteiger partial charge in [-0.2, -0.15) is 0 Å². The van der Waals surface area contributed by atoms with Crippen molar-refractivity contribution in [3.8, 4) is 0 Å². The lowest BCUT2D eigenvalue weighted by Crippen LogP contribution is -2.32. The summed E-state index contributed by atoms with van der Waals surface area (Å²) in [4.78, 5) is 12.6. The summed E-state index contributed by atoms with van der Waals surface area (Å²) in [7, 11) is 0. The van der Waals surface area contributed by atoms with Crippen molar-refractivity contribution in [1.29, 1.82) is 0 Å². The molecule has 0 saturated carbocycles. The highest BCUT2D eigenvalue weighted by molar-refractivity contribution is 9.09. The van der Waals surface area contributed by atoms with Crippen LogP contribution in [-0.2, 0) is 13.1 Å². The summed E-state index contributed by atoms with van der Waals surface area (Å²) in [6.45, 7) is 1.02. The van der Waals surface area contributed by atoms with E-state index in [4.69, 9.17) is 0 Å². The smallest absolute Gasteiger partial charge is 0.329 e. The zero-order valence-corrected chi connectivity index (χ0v) is 13.4. The summed E-state index contributed by atoms with van der Waals surface area (Å²) in [5.41, 5.74) is 3.61. The summed E-state index contributed by atoms with van der Waals surface area (Å²) < 4.78 is 3.55. The number of alkyl halides is 1. The van der Waals surface area contributed by atoms with Crippen molar-refractivity contribution in [3.05, 3.63) is 70.1 Å². The maximum absolute atomic E-state index is 12.8. The third kappa shape index (κ3) is 1.96. The number of aromatic nitrogens is 2. The minimum atomic E-state index is -0.587. The van der Waals surface area contributed by atoms with Crippen LogP contribution in [-0.4, -0.2) is 19.1 Å². The minimum absolute atomic E-state index is 0.0253. The molecule has 1 aromatic heterocycles. The Morgan fingerprint density at radius 1 is 1.14 bits per heavy atom. The van der Waals surface area contributed by atoms with Crippen LogP contribution in [0.3, 0.4) is 0 Å². The summed E-state index contributed by atoms with van der Waals surface area (Å²) in [6, 6.07) is 15.7. The van der Waals surface area contributed by atoms with Crippen molar-refractivity contribution in [2.45, 2.75) is 24.0 Å². The topological polar surface area (TPSA) is 47.2 Å². The number of halogens is 1. The molecule has 1 aliphatic rings. The molecule has 1 aliphatic heterocycles. The van der Waals surface area contributed by atoms with E-state index in [1.165, 1.54) is 0 Å². The standard InChI is InChI=1S/C17H15BrN2O2/c18-13-10-20-15-12(16(13)21)7-4-8-14(15)19(17(20)22)9-11-5-2-1-3-6-11/h1-8,13,16,21H,9-10H2/t13?,16-/m0/s1. The van der Waals surface area contributed by atoms with E-state index in [0.29, 0.717) is 13.1 Å². The highest BCUT2D eigenvalue weighted by Crippen LogP contribution is 2.34. The van der Waals surface area contributed by atoms with Crippen LogP contribution in [0.2, 0.25) is 0 Å². The van der Waals surface area contributed by atoms with Gasteiger partial charge in [-0.25, -0.2) is 4.79 Å². The average molecular weight is 359 g/mol. The SMILES string of the molecule is O=c1n(Cc2ccccc2)c2cccc3c2n1CC(Br)[C@H]3O. The van der Waals surface area contributed by atoms with Crippen molar-refractivity contribution < 1.29 is 5.11 Å². The summed E-state index contributed by atoms with van der Waals surface area (Å²) in [5.74, 6) is 0. The molecule has 4 nitrogen and oxygen atoms in total. The fraction of sp³-hybridized carbons (Fsp3) is 0.235. The van der Waals surface area contributed by atoms with Crippen molar-refractivity contribution >= 4 is 27.0 Å². The molecule has 0 spiro atoms. The van der Waals surface area contributed by atoms with E-state index in [0.717, 1.165) is 22.2 Å². The molecule has 2 heterocycles. The molecule has 0 fully saturated rings. The van der Waals surface area contributed by atoms with Gasteiger partial charge in [0.25, 0.3) is 0 Å². The Labute approximate surface area is 135 Å². The molecule has 22 heavy (non-hydrogen) atoms. The second-order valence-corrected chi connectivity index (χ2v) is 6.82. The van der Waals surface area contributed by atoms with E-state index in [1.54, 1.807) is 9.13 Å². The minimum Gasteiger partial charge on any atom is -0.387 e. The van der Waals surface area contributed by atoms with Gasteiger partial charge in [-0.15, -0.1) is 0 Å². The summed E-state index contributed by atoms with van der Waals surface area (Å²) >= 11 is 3.48. The number of nitrogens with zero attached hydrogens (tertiary/aromatic N) is 2. The molecular weight excluding hydrogens is 344 g/mol. The molecule has 1 N–H and O–H groups in total. The Hall–Kier alpha value is -1.85. The zero-order chi connectivity index (χ0) is 15.3. The lowest BCUT2D eigenvalue weighted by Gasteiger charge is -2.24. The van der Waals surface area contributed by atoms with Gasteiger partial charge in [-0.05, 0) is 11.6 Å². The number of hydrogen-bond acceptors (Lipinski definition) is 2. The highest BCUT2D eigenvalue weighted by Gasteiger charge is 2.30. The first kappa shape index (κ1) is 13.8. The normalized spacial score (nSPS) is 20.5. The molecule has 112 valence electrons. The van der Waals surface area contributed by atoms with E-state index in [1.807, 2.05) is 48.5 Å². The van der Waals surface area contributed by atoms with Gasteiger partial charge in [0.05, 0.1) is 28.5 Å². The second-order valence-electron chi connectivity index (χ2n) is 5.64. The van der Waals surface area contributed by atoms with Crippen molar-refractivity contribution in [3.63, 3.8) is 0 Å². The Morgan fingerprint density at radius 3 is 2.68 bits per heavy atom. The number of aliphatic hydroxyl groups excluding tert-OH is 1. The molecule has 0 bridgehead atoms. The molecule has 1 unspecified atom stereocenters. The van der Waals surface area contributed by atoms with Gasteiger partial charge in [-0.1, -0.05) is 58.4 Å². The Morgan fingerprint density at radius 2 is 1.91 bits per heavy atom. The van der Waals surface area contributed by atoms with Gasteiger partial charge in [-0.3, -0.25) is 9.13 Å². The van der Waals surface area contributed by atoms with Crippen molar-refractivity contribution in [2.75, 3.05) is 0 Å². The van der Waals surface area contributed by atoms with Crippen LogP contribution in [0.5, 0.6) is 0 Å². The molecule has 3 aromatic rings. The number of benzene rings is 2. The molecular formula is C17H15BrN2O2. The predicted molar refractivity (Wildman–Crippen MR) is 89.4 cm³/mol. The van der Waals surface area contributed by atoms with E-state index in [2.05, 4.69) is 15.9 Å². The molecule has 4 rings (SSSR count). The molecule has 2 aromatic carbocycles. The average Bonchev–Trinajstić information content (AvgIpc) is 2.80. The van der Waals surface area contributed by atoms with Crippen LogP contribution in [0.15, 0.2) is 53.3 Å². The molecule has 2 atom stereocenters. The molecule has 0 radical (unpaired) electrons. The lowest BCUT2D eigenvalue weighted by molar-refractivity contribution is 0.165. The number of rotatable bonds is 2. The van der Waals surface area contributed by atoms with Gasteiger partial charge in [0.2, 0.25) is 0 Å². The summed E-state index contributed by atoms with van der Waals surface area (Å²) in [5, 5.41) is 10.4. The molecule has 0 aliphatic carbocycles. The van der Waals surface area contributed by atoms with Crippen LogP contribution < -0.4 is 5.69 Å². The van der Waals surface area contributed by atoms with E-state index < -0.39 is 6.10 Å². The maximum atomic E-state index is 12.8. The quantitative estimate of drug-likeness (QED) is 0.716. The van der Waals surface area contributed by atoms with Gasteiger partial charge in [0, 0.05) is 12.1 Å².